The van der Waals surface area contributed by atoms with E-state index < -0.39 is 17.1 Å². The van der Waals surface area contributed by atoms with Crippen LogP contribution in [0.5, 0.6) is 5.75 Å². The van der Waals surface area contributed by atoms with Crippen molar-refractivity contribution in [2.45, 2.75) is 12.2 Å². The summed E-state index contributed by atoms with van der Waals surface area (Å²) in [4.78, 5) is 10.2. The molecule has 0 aromatic heterocycles. The van der Waals surface area contributed by atoms with E-state index in [-0.39, 0.29) is 27.9 Å². The van der Waals surface area contributed by atoms with Crippen molar-refractivity contribution in [3.8, 4) is 5.75 Å². The zero-order valence-electron chi connectivity index (χ0n) is 9.34. The maximum absolute atomic E-state index is 10.8. The van der Waals surface area contributed by atoms with Crippen molar-refractivity contribution < 1.29 is 19.9 Å². The number of nitro groups is 1. The molecule has 1 aromatic rings. The molecule has 0 amide bonds. The van der Waals surface area contributed by atoms with E-state index in [0.29, 0.717) is 0 Å². The fraction of sp³-hybridized carbons (Fsp3) is 0.400. The summed E-state index contributed by atoms with van der Waals surface area (Å²) in [5, 5.41) is 30.0. The van der Waals surface area contributed by atoms with Crippen LogP contribution in [0.2, 0.25) is 5.02 Å². The fourth-order valence-electron chi connectivity index (χ4n) is 1.38. The predicted octanol–water partition coefficient (Wildman–Crippen LogP) is 1.89. The molecule has 0 aliphatic rings. The number of aliphatic hydroxyl groups is 2. The summed E-state index contributed by atoms with van der Waals surface area (Å²) < 4.78 is 4.81. The summed E-state index contributed by atoms with van der Waals surface area (Å²) in [6.45, 7) is 0. The minimum absolute atomic E-state index is 0.0253. The number of hydrogen-bond donors (Lipinski definition) is 2. The van der Waals surface area contributed by atoms with E-state index in [9.17, 15) is 20.3 Å². The summed E-state index contributed by atoms with van der Waals surface area (Å²) in [5.74, 6) is -0.251. The van der Waals surface area contributed by atoms with Gasteiger partial charge in [0.05, 0.1) is 29.0 Å². The molecule has 0 spiro atoms. The lowest BCUT2D eigenvalue weighted by Crippen LogP contribution is -2.20. The number of halogens is 2. The van der Waals surface area contributed by atoms with Crippen LogP contribution in [0, 0.1) is 10.1 Å². The van der Waals surface area contributed by atoms with Gasteiger partial charge in [-0.2, -0.15) is 0 Å². The maximum atomic E-state index is 10.8. The molecule has 8 heteroatoms. The van der Waals surface area contributed by atoms with Gasteiger partial charge in [0.1, 0.15) is 6.10 Å². The molecule has 0 fully saturated rings. The van der Waals surface area contributed by atoms with Gasteiger partial charge in [0.25, 0.3) is 0 Å². The largest absolute Gasteiger partial charge is 0.490 e. The number of alkyl halides is 1. The van der Waals surface area contributed by atoms with Crippen molar-refractivity contribution in [2.75, 3.05) is 13.0 Å². The summed E-state index contributed by atoms with van der Waals surface area (Å²) in [5.41, 5.74) is -0.324. The van der Waals surface area contributed by atoms with Crippen LogP contribution in [-0.2, 0) is 0 Å². The van der Waals surface area contributed by atoms with E-state index in [4.69, 9.17) is 27.9 Å². The van der Waals surface area contributed by atoms with Crippen molar-refractivity contribution in [2.24, 2.45) is 0 Å². The molecule has 0 aliphatic carbocycles. The molecular weight excluding hydrogens is 285 g/mol. The van der Waals surface area contributed by atoms with E-state index in [2.05, 4.69) is 0 Å². The van der Waals surface area contributed by atoms with Crippen molar-refractivity contribution in [1.82, 2.24) is 0 Å². The lowest BCUT2D eigenvalue weighted by molar-refractivity contribution is -0.385. The molecule has 0 radical (unpaired) electrons. The van der Waals surface area contributed by atoms with Crippen LogP contribution in [0.15, 0.2) is 12.1 Å². The van der Waals surface area contributed by atoms with Crippen LogP contribution in [0.4, 0.5) is 5.69 Å². The number of benzene rings is 1. The average Bonchev–Trinajstić information content (AvgIpc) is 2.36. The molecule has 0 heterocycles. The quantitative estimate of drug-likeness (QED) is 0.491. The third-order valence-electron chi connectivity index (χ3n) is 2.34. The highest BCUT2D eigenvalue weighted by Gasteiger charge is 2.25. The molecule has 100 valence electrons. The first-order valence-electron chi connectivity index (χ1n) is 4.86. The van der Waals surface area contributed by atoms with Crippen LogP contribution in [0.25, 0.3) is 0 Å². The number of rotatable bonds is 5. The van der Waals surface area contributed by atoms with Gasteiger partial charge in [-0.3, -0.25) is 10.1 Å². The Hall–Kier alpha value is -1.08. The van der Waals surface area contributed by atoms with Crippen LogP contribution in [-0.4, -0.2) is 34.2 Å². The first kappa shape index (κ1) is 15.0. The zero-order valence-corrected chi connectivity index (χ0v) is 10.9. The minimum atomic E-state index is -1.40. The number of nitro benzene ring substituents is 1. The molecule has 2 unspecified atom stereocenters. The fourth-order valence-corrected chi connectivity index (χ4v) is 1.82. The molecule has 0 saturated carbocycles. The average molecular weight is 296 g/mol. The van der Waals surface area contributed by atoms with Crippen molar-refractivity contribution in [3.05, 3.63) is 32.8 Å². The Morgan fingerprint density at radius 1 is 1.50 bits per heavy atom. The van der Waals surface area contributed by atoms with Gasteiger partial charge in [0, 0.05) is 17.7 Å². The van der Waals surface area contributed by atoms with Crippen LogP contribution < -0.4 is 4.74 Å². The predicted molar refractivity (Wildman–Crippen MR) is 66.3 cm³/mol. The van der Waals surface area contributed by atoms with Gasteiger partial charge in [-0.1, -0.05) is 11.6 Å². The van der Waals surface area contributed by atoms with E-state index in [1.54, 1.807) is 0 Å². The normalized spacial score (nSPS) is 14.1. The standard InChI is InChI=1S/C10H11Cl2NO5/c1-18-9-3-6(12)5(2-7(9)13(16)17)10(15)8(14)4-11/h2-3,8,10,14-15H,4H2,1H3. The second kappa shape index (κ2) is 6.19. The second-order valence-electron chi connectivity index (χ2n) is 3.47. The van der Waals surface area contributed by atoms with Gasteiger partial charge in [-0.15, -0.1) is 11.6 Å². The number of ether oxygens (including phenoxy) is 1. The van der Waals surface area contributed by atoms with E-state index in [1.165, 1.54) is 13.2 Å². The van der Waals surface area contributed by atoms with Gasteiger partial charge in [0.2, 0.25) is 0 Å². The third kappa shape index (κ3) is 3.02. The molecule has 0 saturated heterocycles. The van der Waals surface area contributed by atoms with Crippen LogP contribution >= 0.6 is 23.2 Å². The van der Waals surface area contributed by atoms with Gasteiger partial charge >= 0.3 is 5.69 Å². The summed E-state index contributed by atoms with van der Waals surface area (Å²) in [6.07, 6.45) is -2.67. The van der Waals surface area contributed by atoms with E-state index in [0.717, 1.165) is 6.07 Å². The molecular formula is C10H11Cl2NO5. The molecule has 1 rings (SSSR count). The highest BCUT2D eigenvalue weighted by atomic mass is 35.5. The van der Waals surface area contributed by atoms with E-state index in [1.807, 2.05) is 0 Å². The van der Waals surface area contributed by atoms with Gasteiger partial charge < -0.3 is 14.9 Å². The topological polar surface area (TPSA) is 92.8 Å². The van der Waals surface area contributed by atoms with Crippen molar-refractivity contribution in [1.29, 1.82) is 0 Å². The highest BCUT2D eigenvalue weighted by Crippen LogP contribution is 2.36. The van der Waals surface area contributed by atoms with Gasteiger partial charge in [-0.05, 0) is 0 Å². The Morgan fingerprint density at radius 2 is 2.11 bits per heavy atom. The molecule has 2 atom stereocenters. The molecule has 2 N–H and O–H groups in total. The smallest absolute Gasteiger partial charge is 0.311 e. The lowest BCUT2D eigenvalue weighted by atomic mass is 10.0. The molecule has 6 nitrogen and oxygen atoms in total. The maximum Gasteiger partial charge on any atom is 0.311 e. The summed E-state index contributed by atoms with van der Waals surface area (Å²) >= 11 is 11.3. The SMILES string of the molecule is COc1cc(Cl)c(C(O)C(O)CCl)cc1[N+](=O)[O-]. The molecule has 0 bridgehead atoms. The minimum Gasteiger partial charge on any atom is -0.490 e. The second-order valence-corrected chi connectivity index (χ2v) is 4.18. The summed E-state index contributed by atoms with van der Waals surface area (Å²) in [7, 11) is 1.27. The Bertz CT molecular complexity index is 454. The third-order valence-corrected chi connectivity index (χ3v) is 2.98. The van der Waals surface area contributed by atoms with E-state index >= 15 is 0 Å². The number of hydrogen-bond acceptors (Lipinski definition) is 5. The zero-order chi connectivity index (χ0) is 13.9. The van der Waals surface area contributed by atoms with Gasteiger partial charge in [0.15, 0.2) is 5.75 Å². The number of aliphatic hydroxyl groups excluding tert-OH is 2. The van der Waals surface area contributed by atoms with Crippen molar-refractivity contribution >= 4 is 28.9 Å². The van der Waals surface area contributed by atoms with Crippen molar-refractivity contribution in [3.63, 3.8) is 0 Å². The monoisotopic (exact) mass is 295 g/mol. The van der Waals surface area contributed by atoms with Crippen LogP contribution in [0.1, 0.15) is 11.7 Å². The first-order chi connectivity index (χ1) is 8.42. The molecule has 18 heavy (non-hydrogen) atoms. The van der Waals surface area contributed by atoms with Gasteiger partial charge in [-0.25, -0.2) is 0 Å². The number of methoxy groups -OCH3 is 1. The molecule has 1 aromatic carbocycles. The molecule has 0 aliphatic heterocycles. The highest BCUT2D eigenvalue weighted by molar-refractivity contribution is 6.31. The Morgan fingerprint density at radius 3 is 2.56 bits per heavy atom. The Labute approximate surface area is 113 Å². The van der Waals surface area contributed by atoms with Crippen LogP contribution in [0.3, 0.4) is 0 Å². The first-order valence-corrected chi connectivity index (χ1v) is 5.77. The Kier molecular flexibility index (Phi) is 5.15. The number of nitrogens with zero attached hydrogens (tertiary/aromatic N) is 1. The lowest BCUT2D eigenvalue weighted by Gasteiger charge is -2.17. The summed E-state index contributed by atoms with van der Waals surface area (Å²) in [6, 6.07) is 2.26. The Balaban J connectivity index is 3.29.